The standard InChI is InChI=1S/C11H10Cl2N4S/c1-14-6-17(2)11-15-8(5-18-11)7-3-9(12)16-10(13)4-7/h3-6H,1-2H3. The second kappa shape index (κ2) is 5.65. The molecule has 0 aliphatic heterocycles. The second-order valence-corrected chi connectivity index (χ2v) is 5.11. The smallest absolute Gasteiger partial charge is 0.190 e. The molecule has 0 amide bonds. The number of anilines is 1. The minimum atomic E-state index is 0.357. The van der Waals surface area contributed by atoms with Gasteiger partial charge in [0.1, 0.15) is 10.3 Å². The van der Waals surface area contributed by atoms with Gasteiger partial charge in [0.15, 0.2) is 5.13 Å². The largest absolute Gasteiger partial charge is 0.312 e. The molecule has 0 N–H and O–H groups in total. The molecule has 0 fully saturated rings. The first kappa shape index (κ1) is 13.3. The molecule has 0 aromatic carbocycles. The van der Waals surface area contributed by atoms with Gasteiger partial charge in [-0.2, -0.15) is 0 Å². The van der Waals surface area contributed by atoms with E-state index in [0.717, 1.165) is 16.4 Å². The number of nitrogens with zero attached hydrogens (tertiary/aromatic N) is 4. The van der Waals surface area contributed by atoms with E-state index in [1.807, 2.05) is 17.3 Å². The minimum absolute atomic E-state index is 0.357. The van der Waals surface area contributed by atoms with Crippen LogP contribution in [0, 0.1) is 0 Å². The van der Waals surface area contributed by atoms with Gasteiger partial charge >= 0.3 is 0 Å². The van der Waals surface area contributed by atoms with Crippen molar-refractivity contribution in [2.75, 3.05) is 19.0 Å². The van der Waals surface area contributed by atoms with Crippen molar-refractivity contribution in [1.29, 1.82) is 0 Å². The summed E-state index contributed by atoms with van der Waals surface area (Å²) in [5, 5.41) is 3.50. The van der Waals surface area contributed by atoms with Crippen LogP contribution >= 0.6 is 34.5 Å². The molecule has 2 heterocycles. The van der Waals surface area contributed by atoms with E-state index in [1.165, 1.54) is 11.3 Å². The quantitative estimate of drug-likeness (QED) is 0.494. The monoisotopic (exact) mass is 300 g/mol. The van der Waals surface area contributed by atoms with E-state index in [0.29, 0.717) is 10.3 Å². The van der Waals surface area contributed by atoms with Gasteiger partial charge in [0, 0.05) is 25.0 Å². The van der Waals surface area contributed by atoms with Gasteiger partial charge in [-0.25, -0.2) is 9.97 Å². The van der Waals surface area contributed by atoms with Crippen LogP contribution in [0.25, 0.3) is 11.3 Å². The summed E-state index contributed by atoms with van der Waals surface area (Å²) < 4.78 is 0. The van der Waals surface area contributed by atoms with Crippen molar-refractivity contribution in [3.05, 3.63) is 27.8 Å². The van der Waals surface area contributed by atoms with E-state index in [9.17, 15) is 0 Å². The number of hydrogen-bond donors (Lipinski definition) is 0. The average molecular weight is 301 g/mol. The normalized spacial score (nSPS) is 11.1. The molecule has 0 saturated heterocycles. The highest BCUT2D eigenvalue weighted by molar-refractivity contribution is 7.14. The third-order valence-electron chi connectivity index (χ3n) is 2.14. The molecule has 0 aliphatic rings. The summed E-state index contributed by atoms with van der Waals surface area (Å²) in [6, 6.07) is 3.47. The van der Waals surface area contributed by atoms with Crippen molar-refractivity contribution < 1.29 is 0 Å². The Morgan fingerprint density at radius 3 is 2.56 bits per heavy atom. The molecule has 0 radical (unpaired) electrons. The summed E-state index contributed by atoms with van der Waals surface area (Å²) in [5.41, 5.74) is 1.67. The van der Waals surface area contributed by atoms with Crippen LogP contribution in [0.4, 0.5) is 5.13 Å². The molecule has 0 unspecified atom stereocenters. The van der Waals surface area contributed by atoms with E-state index in [2.05, 4.69) is 15.0 Å². The third kappa shape index (κ3) is 2.98. The van der Waals surface area contributed by atoms with Crippen LogP contribution in [0.2, 0.25) is 10.3 Å². The van der Waals surface area contributed by atoms with E-state index in [-0.39, 0.29) is 0 Å². The van der Waals surface area contributed by atoms with Gasteiger partial charge in [-0.3, -0.25) is 4.99 Å². The molecular formula is C11H10Cl2N4S. The Bertz CT molecular complexity index is 562. The first-order chi connectivity index (χ1) is 8.60. The maximum Gasteiger partial charge on any atom is 0.190 e. The maximum absolute atomic E-state index is 5.87. The van der Waals surface area contributed by atoms with Gasteiger partial charge in [0.05, 0.1) is 12.0 Å². The SMILES string of the molecule is CN=CN(C)c1nc(-c2cc(Cl)nc(Cl)c2)cs1. The van der Waals surface area contributed by atoms with E-state index in [1.54, 1.807) is 25.5 Å². The van der Waals surface area contributed by atoms with Crippen molar-refractivity contribution in [3.8, 4) is 11.3 Å². The lowest BCUT2D eigenvalue weighted by molar-refractivity contribution is 1.22. The number of halogens is 2. The van der Waals surface area contributed by atoms with Gasteiger partial charge in [-0.1, -0.05) is 23.2 Å². The molecule has 0 bridgehead atoms. The summed E-state index contributed by atoms with van der Waals surface area (Å²) in [5.74, 6) is 0. The Balaban J connectivity index is 2.34. The molecule has 0 atom stereocenters. The maximum atomic E-state index is 5.87. The highest BCUT2D eigenvalue weighted by Crippen LogP contribution is 2.29. The number of thiazole rings is 1. The molecule has 2 rings (SSSR count). The van der Waals surface area contributed by atoms with E-state index >= 15 is 0 Å². The first-order valence-corrected chi connectivity index (χ1v) is 6.68. The lowest BCUT2D eigenvalue weighted by Crippen LogP contribution is -2.13. The van der Waals surface area contributed by atoms with Crippen LogP contribution in [-0.2, 0) is 0 Å². The molecule has 2 aromatic rings. The van der Waals surface area contributed by atoms with Gasteiger partial charge in [0.2, 0.25) is 0 Å². The highest BCUT2D eigenvalue weighted by Gasteiger charge is 2.09. The molecule has 18 heavy (non-hydrogen) atoms. The number of pyridine rings is 1. The molecule has 0 spiro atoms. The summed E-state index contributed by atoms with van der Waals surface area (Å²) >= 11 is 13.3. The van der Waals surface area contributed by atoms with Crippen molar-refractivity contribution in [3.63, 3.8) is 0 Å². The van der Waals surface area contributed by atoms with Crippen LogP contribution in [0.15, 0.2) is 22.5 Å². The summed E-state index contributed by atoms with van der Waals surface area (Å²) in [7, 11) is 3.61. The van der Waals surface area contributed by atoms with Crippen LogP contribution in [0.5, 0.6) is 0 Å². The van der Waals surface area contributed by atoms with Crippen LogP contribution in [0.3, 0.4) is 0 Å². The molecule has 0 aliphatic carbocycles. The van der Waals surface area contributed by atoms with Crippen molar-refractivity contribution in [1.82, 2.24) is 9.97 Å². The molecular weight excluding hydrogens is 291 g/mol. The molecule has 7 heteroatoms. The fourth-order valence-electron chi connectivity index (χ4n) is 1.39. The van der Waals surface area contributed by atoms with Crippen LogP contribution in [-0.4, -0.2) is 30.4 Å². The predicted octanol–water partition coefficient (Wildman–Crippen LogP) is 3.61. The van der Waals surface area contributed by atoms with Gasteiger partial charge in [-0.15, -0.1) is 11.3 Å². The Morgan fingerprint density at radius 2 is 1.94 bits per heavy atom. The van der Waals surface area contributed by atoms with Crippen molar-refractivity contribution in [2.45, 2.75) is 0 Å². The Morgan fingerprint density at radius 1 is 1.28 bits per heavy atom. The fraction of sp³-hybridized carbons (Fsp3) is 0.182. The number of aromatic nitrogens is 2. The zero-order valence-corrected chi connectivity index (χ0v) is 12.1. The number of rotatable bonds is 3. The molecule has 4 nitrogen and oxygen atoms in total. The Kier molecular flexibility index (Phi) is 4.16. The lowest BCUT2D eigenvalue weighted by atomic mass is 10.2. The summed E-state index contributed by atoms with van der Waals surface area (Å²) in [4.78, 5) is 14.2. The molecule has 94 valence electrons. The minimum Gasteiger partial charge on any atom is -0.312 e. The number of aliphatic imine (C=N–C) groups is 1. The van der Waals surface area contributed by atoms with Crippen molar-refractivity contribution in [2.24, 2.45) is 4.99 Å². The number of hydrogen-bond acceptors (Lipinski definition) is 4. The van der Waals surface area contributed by atoms with Gasteiger partial charge < -0.3 is 4.90 Å². The molecule has 2 aromatic heterocycles. The second-order valence-electron chi connectivity index (χ2n) is 3.50. The first-order valence-electron chi connectivity index (χ1n) is 5.04. The molecule has 0 saturated carbocycles. The highest BCUT2D eigenvalue weighted by atomic mass is 35.5. The van der Waals surface area contributed by atoms with Gasteiger partial charge in [-0.05, 0) is 12.1 Å². The Labute approximate surface area is 119 Å². The van der Waals surface area contributed by atoms with Gasteiger partial charge in [0.25, 0.3) is 0 Å². The fourth-order valence-corrected chi connectivity index (χ4v) is 2.62. The summed E-state index contributed by atoms with van der Waals surface area (Å²) in [6.07, 6.45) is 1.70. The van der Waals surface area contributed by atoms with Crippen LogP contribution < -0.4 is 4.90 Å². The Hall–Kier alpha value is -1.17. The van der Waals surface area contributed by atoms with Crippen LogP contribution in [0.1, 0.15) is 0 Å². The van der Waals surface area contributed by atoms with Crippen molar-refractivity contribution >= 4 is 46.0 Å². The third-order valence-corrected chi connectivity index (χ3v) is 3.46. The predicted molar refractivity (Wildman–Crippen MR) is 78.2 cm³/mol. The van der Waals surface area contributed by atoms with E-state index in [4.69, 9.17) is 23.2 Å². The average Bonchev–Trinajstić information content (AvgIpc) is 2.77. The zero-order valence-electron chi connectivity index (χ0n) is 9.76. The topological polar surface area (TPSA) is 41.4 Å². The lowest BCUT2D eigenvalue weighted by Gasteiger charge is -2.07. The zero-order chi connectivity index (χ0) is 13.1. The van der Waals surface area contributed by atoms with E-state index < -0.39 is 0 Å². The summed E-state index contributed by atoms with van der Waals surface area (Å²) in [6.45, 7) is 0.